The standard InChI is InChI=1S/C17H13Cl3N4S.C15H14Cl2F3N3O2/c18-13-3-1-12(2-4-13)9-25-17(8-24-11-21-10-22-24)23-16-6-5-14(19)7-15(16)20;16-10-1-2-11(12(17)5-10)14(6-23-9-21-8-22-23)4-3-13(25-14)24-7-15(18,19)20/h1-7,10-11H,8-9H2;1-2,5,8-9,13H,3-4,6-7H2. The number of thioether (sulfide) groups is 1. The smallest absolute Gasteiger partial charge is 0.343 e. The summed E-state index contributed by atoms with van der Waals surface area (Å²) < 4.78 is 51.2. The molecule has 5 aromatic rings. The first-order chi connectivity index (χ1) is 23.9. The maximum absolute atomic E-state index is 12.4. The minimum Gasteiger partial charge on any atom is -0.343 e. The van der Waals surface area contributed by atoms with Crippen molar-refractivity contribution in [2.75, 3.05) is 6.61 Å². The zero-order valence-corrected chi connectivity index (χ0v) is 30.4. The average Bonchev–Trinajstić information content (AvgIpc) is 3.85. The largest absolute Gasteiger partial charge is 0.411 e. The molecule has 0 amide bonds. The maximum Gasteiger partial charge on any atom is 0.411 e. The molecule has 1 fully saturated rings. The number of ether oxygens (including phenoxy) is 2. The summed E-state index contributed by atoms with van der Waals surface area (Å²) in [6.45, 7) is -0.622. The Bertz CT molecular complexity index is 1870. The first-order valence-electron chi connectivity index (χ1n) is 14.7. The van der Waals surface area contributed by atoms with Gasteiger partial charge in [-0.25, -0.2) is 24.3 Å². The van der Waals surface area contributed by atoms with E-state index in [1.807, 2.05) is 24.3 Å². The molecule has 3 heterocycles. The number of hydrogen-bond donors (Lipinski definition) is 0. The minimum absolute atomic E-state index is 0.236. The molecular weight excluding hydrogens is 781 g/mol. The third kappa shape index (κ3) is 11.3. The van der Waals surface area contributed by atoms with E-state index in [-0.39, 0.29) is 6.54 Å². The quantitative estimate of drug-likeness (QED) is 0.103. The maximum atomic E-state index is 12.4. The van der Waals surface area contributed by atoms with E-state index in [4.69, 9.17) is 67.5 Å². The first kappa shape index (κ1) is 38.4. The lowest BCUT2D eigenvalue weighted by Gasteiger charge is -2.30. The van der Waals surface area contributed by atoms with Gasteiger partial charge in [0.25, 0.3) is 0 Å². The van der Waals surface area contributed by atoms with Gasteiger partial charge in [-0.1, -0.05) is 76.2 Å². The van der Waals surface area contributed by atoms with Gasteiger partial charge in [-0.3, -0.25) is 0 Å². The summed E-state index contributed by atoms with van der Waals surface area (Å²) in [6, 6.07) is 17.9. The Balaban J connectivity index is 0.000000194. The van der Waals surface area contributed by atoms with Crippen LogP contribution in [0.4, 0.5) is 18.9 Å². The van der Waals surface area contributed by atoms with E-state index in [1.165, 1.54) is 23.7 Å². The molecule has 264 valence electrons. The highest BCUT2D eigenvalue weighted by atomic mass is 35.5. The molecule has 2 aromatic heterocycles. The van der Waals surface area contributed by atoms with Crippen LogP contribution < -0.4 is 0 Å². The minimum atomic E-state index is -4.42. The molecule has 2 unspecified atom stereocenters. The molecule has 0 aliphatic carbocycles. The topological polar surface area (TPSA) is 92.2 Å². The Morgan fingerprint density at radius 3 is 2.14 bits per heavy atom. The molecule has 18 heteroatoms. The summed E-state index contributed by atoms with van der Waals surface area (Å²) in [7, 11) is 0. The number of alkyl halides is 3. The van der Waals surface area contributed by atoms with Crippen molar-refractivity contribution >= 4 is 80.5 Å². The normalized spacial score (nSPS) is 17.8. The van der Waals surface area contributed by atoms with Crippen molar-refractivity contribution in [3.8, 4) is 0 Å². The molecule has 2 atom stereocenters. The summed E-state index contributed by atoms with van der Waals surface area (Å²) in [4.78, 5) is 12.5. The van der Waals surface area contributed by atoms with Crippen LogP contribution in [-0.2, 0) is 33.9 Å². The first-order valence-corrected chi connectivity index (χ1v) is 17.6. The van der Waals surface area contributed by atoms with Crippen LogP contribution in [0.5, 0.6) is 0 Å². The summed E-state index contributed by atoms with van der Waals surface area (Å²) in [5.41, 5.74) is 1.46. The lowest BCUT2D eigenvalue weighted by Crippen LogP contribution is -2.34. The highest BCUT2D eigenvalue weighted by Crippen LogP contribution is 2.44. The van der Waals surface area contributed by atoms with Gasteiger partial charge in [-0.05, 0) is 54.4 Å². The van der Waals surface area contributed by atoms with Crippen LogP contribution in [-0.4, -0.2) is 53.6 Å². The molecule has 1 saturated heterocycles. The van der Waals surface area contributed by atoms with Gasteiger partial charge < -0.3 is 9.47 Å². The number of hydrogen-bond acceptors (Lipinski definition) is 8. The van der Waals surface area contributed by atoms with Gasteiger partial charge in [0.05, 0.1) is 28.8 Å². The van der Waals surface area contributed by atoms with Gasteiger partial charge in [0.15, 0.2) is 6.29 Å². The molecule has 0 spiro atoms. The third-order valence-corrected chi connectivity index (χ3v) is 9.49. The van der Waals surface area contributed by atoms with Gasteiger partial charge in [-0.15, -0.1) is 11.8 Å². The van der Waals surface area contributed by atoms with Crippen molar-refractivity contribution in [1.82, 2.24) is 29.5 Å². The van der Waals surface area contributed by atoms with Crippen LogP contribution in [0, 0.1) is 0 Å². The molecule has 0 saturated carbocycles. The van der Waals surface area contributed by atoms with Crippen LogP contribution >= 0.6 is 69.8 Å². The zero-order valence-electron chi connectivity index (χ0n) is 25.8. The summed E-state index contributed by atoms with van der Waals surface area (Å²) >= 11 is 32.0. The van der Waals surface area contributed by atoms with E-state index < -0.39 is 24.7 Å². The molecule has 0 N–H and O–H groups in total. The number of aliphatic imine (C=N–C) groups is 1. The van der Waals surface area contributed by atoms with Crippen molar-refractivity contribution in [3.63, 3.8) is 0 Å². The third-order valence-electron chi connectivity index (χ3n) is 7.12. The van der Waals surface area contributed by atoms with Crippen LogP contribution in [0.2, 0.25) is 25.1 Å². The van der Waals surface area contributed by atoms with Gasteiger partial charge >= 0.3 is 6.18 Å². The van der Waals surface area contributed by atoms with Crippen LogP contribution in [0.15, 0.2) is 91.0 Å². The Morgan fingerprint density at radius 1 is 0.880 bits per heavy atom. The molecule has 6 rings (SSSR count). The predicted octanol–water partition coefficient (Wildman–Crippen LogP) is 10.1. The average molecular weight is 808 g/mol. The van der Waals surface area contributed by atoms with E-state index in [1.54, 1.807) is 59.2 Å². The zero-order chi connectivity index (χ0) is 35.7. The van der Waals surface area contributed by atoms with E-state index in [9.17, 15) is 13.2 Å². The summed E-state index contributed by atoms with van der Waals surface area (Å²) in [5, 5.41) is 11.7. The van der Waals surface area contributed by atoms with Crippen molar-refractivity contribution in [3.05, 3.63) is 122 Å². The summed E-state index contributed by atoms with van der Waals surface area (Å²) in [6.07, 6.45) is 1.32. The predicted molar refractivity (Wildman–Crippen MR) is 191 cm³/mol. The number of benzene rings is 3. The van der Waals surface area contributed by atoms with E-state index in [0.29, 0.717) is 50.7 Å². The molecule has 50 heavy (non-hydrogen) atoms. The lowest BCUT2D eigenvalue weighted by atomic mass is 9.90. The summed E-state index contributed by atoms with van der Waals surface area (Å²) in [5.74, 6) is 0.760. The van der Waals surface area contributed by atoms with E-state index >= 15 is 0 Å². The number of halogens is 8. The van der Waals surface area contributed by atoms with E-state index in [2.05, 4.69) is 25.2 Å². The molecule has 9 nitrogen and oxygen atoms in total. The Kier molecular flexibility index (Phi) is 13.5. The number of nitrogens with zero attached hydrogens (tertiary/aromatic N) is 7. The van der Waals surface area contributed by atoms with Crippen LogP contribution in [0.25, 0.3) is 0 Å². The molecule has 0 radical (unpaired) electrons. The fourth-order valence-corrected chi connectivity index (χ4v) is 6.95. The second-order valence-corrected chi connectivity index (χ2v) is 14.0. The fourth-order valence-electron chi connectivity index (χ4n) is 4.88. The van der Waals surface area contributed by atoms with E-state index in [0.717, 1.165) is 21.4 Å². The monoisotopic (exact) mass is 805 g/mol. The highest BCUT2D eigenvalue weighted by Gasteiger charge is 2.45. The number of aromatic nitrogens is 6. The second kappa shape index (κ2) is 17.6. The Labute approximate surface area is 314 Å². The van der Waals surface area contributed by atoms with Gasteiger partial charge in [0.2, 0.25) is 0 Å². The molecule has 1 aliphatic heterocycles. The van der Waals surface area contributed by atoms with Gasteiger partial charge in [0, 0.05) is 37.8 Å². The number of rotatable bonds is 10. The van der Waals surface area contributed by atoms with Crippen LogP contribution in [0.1, 0.15) is 24.0 Å². The Hall–Kier alpha value is -2.88. The van der Waals surface area contributed by atoms with Gasteiger partial charge in [0.1, 0.15) is 37.5 Å². The second-order valence-electron chi connectivity index (χ2n) is 10.8. The Morgan fingerprint density at radius 2 is 1.52 bits per heavy atom. The molecular formula is C32H27Cl5F3N7O2S. The highest BCUT2D eigenvalue weighted by molar-refractivity contribution is 8.13. The van der Waals surface area contributed by atoms with Crippen molar-refractivity contribution < 1.29 is 22.6 Å². The fraction of sp³-hybridized carbons (Fsp3) is 0.281. The molecule has 0 bridgehead atoms. The van der Waals surface area contributed by atoms with Gasteiger partial charge in [-0.2, -0.15) is 23.4 Å². The molecule has 3 aromatic carbocycles. The SMILES string of the molecule is Clc1ccc(CSC(Cn2cncn2)=Nc2ccc(Cl)cc2Cl)cc1.FC(F)(F)COC1CCC(Cn2cncn2)(c2ccc(Cl)cc2Cl)O1. The molecule has 1 aliphatic rings. The van der Waals surface area contributed by atoms with Crippen LogP contribution in [0.3, 0.4) is 0 Å². The van der Waals surface area contributed by atoms with Crippen molar-refractivity contribution in [2.24, 2.45) is 4.99 Å². The van der Waals surface area contributed by atoms with Crippen molar-refractivity contribution in [2.45, 2.75) is 49.8 Å². The lowest BCUT2D eigenvalue weighted by molar-refractivity contribution is -0.239. The van der Waals surface area contributed by atoms with Crippen molar-refractivity contribution in [1.29, 1.82) is 0 Å².